The lowest BCUT2D eigenvalue weighted by Gasteiger charge is -2.41. The van der Waals surface area contributed by atoms with Gasteiger partial charge in [0.25, 0.3) is 5.91 Å². The zero-order valence-electron chi connectivity index (χ0n) is 21.4. The van der Waals surface area contributed by atoms with Gasteiger partial charge in [0.15, 0.2) is 0 Å². The van der Waals surface area contributed by atoms with Crippen LogP contribution in [-0.4, -0.2) is 63.3 Å². The van der Waals surface area contributed by atoms with Crippen LogP contribution in [0.5, 0.6) is 0 Å². The molecular formula is C28H30ClFN6O3. The summed E-state index contributed by atoms with van der Waals surface area (Å²) in [5, 5.41) is 14.4. The van der Waals surface area contributed by atoms with Crippen molar-refractivity contribution in [2.45, 2.75) is 44.7 Å². The number of nitrogens with zero attached hydrogens (tertiary/aromatic N) is 4. The molecule has 1 saturated heterocycles. The Labute approximate surface area is 230 Å². The highest BCUT2D eigenvalue weighted by atomic mass is 35.5. The van der Waals surface area contributed by atoms with Crippen molar-refractivity contribution in [1.82, 2.24) is 30.5 Å². The SMILES string of the molecule is O=C1NCCCn2cc(nn2)CC2(CCN(C(=O)c3ccc(Cl)c(F)c3)CC2)C(=O)N[C@H]1Cc1ccccc1. The minimum absolute atomic E-state index is 0.0491. The van der Waals surface area contributed by atoms with Crippen molar-refractivity contribution < 1.29 is 18.8 Å². The van der Waals surface area contributed by atoms with Crippen molar-refractivity contribution in [2.24, 2.45) is 5.41 Å². The molecule has 0 radical (unpaired) electrons. The lowest BCUT2D eigenvalue weighted by Crippen LogP contribution is -2.56. The average Bonchev–Trinajstić information content (AvgIpc) is 3.39. The highest BCUT2D eigenvalue weighted by Gasteiger charge is 2.44. The number of halogens is 2. The van der Waals surface area contributed by atoms with E-state index in [-0.39, 0.29) is 28.3 Å². The van der Waals surface area contributed by atoms with Gasteiger partial charge in [0.1, 0.15) is 11.9 Å². The summed E-state index contributed by atoms with van der Waals surface area (Å²) >= 11 is 5.78. The summed E-state index contributed by atoms with van der Waals surface area (Å²) in [6, 6.07) is 12.8. The Morgan fingerprint density at radius 2 is 1.87 bits per heavy atom. The molecule has 2 aliphatic heterocycles. The summed E-state index contributed by atoms with van der Waals surface area (Å²) in [5.41, 5.74) is 0.929. The van der Waals surface area contributed by atoms with E-state index in [2.05, 4.69) is 20.9 Å². The lowest BCUT2D eigenvalue weighted by molar-refractivity contribution is -0.137. The Balaban J connectivity index is 1.39. The number of aryl methyl sites for hydroxylation is 1. The molecule has 3 heterocycles. The third-order valence-electron chi connectivity index (χ3n) is 7.53. The summed E-state index contributed by atoms with van der Waals surface area (Å²) in [7, 11) is 0. The van der Waals surface area contributed by atoms with Gasteiger partial charge < -0.3 is 15.5 Å². The number of rotatable bonds is 3. The topological polar surface area (TPSA) is 109 Å². The van der Waals surface area contributed by atoms with Gasteiger partial charge in [-0.25, -0.2) is 4.39 Å². The average molecular weight is 553 g/mol. The van der Waals surface area contributed by atoms with E-state index in [1.807, 2.05) is 36.5 Å². The smallest absolute Gasteiger partial charge is 0.253 e. The van der Waals surface area contributed by atoms with Crippen molar-refractivity contribution >= 4 is 29.3 Å². The van der Waals surface area contributed by atoms with Crippen molar-refractivity contribution in [3.63, 3.8) is 0 Å². The van der Waals surface area contributed by atoms with Gasteiger partial charge in [-0.05, 0) is 43.0 Å². The molecular weight excluding hydrogens is 523 g/mol. The Morgan fingerprint density at radius 3 is 2.62 bits per heavy atom. The first-order valence-electron chi connectivity index (χ1n) is 13.1. The standard InChI is InChI=1S/C28H30ClFN6O3/c29-22-8-7-20(16-23(22)30)26(38)35-13-9-28(10-14-35)17-21-18-36(34-33-21)12-4-11-31-25(37)24(32-27(28)39)15-19-5-2-1-3-6-19/h1-3,5-8,16,18,24H,4,9-15,17H2,(H,31,37)(H,32,39)/t24-/m0/s1. The number of carbonyl (C=O) groups excluding carboxylic acids is 3. The predicted octanol–water partition coefficient (Wildman–Crippen LogP) is 2.78. The van der Waals surface area contributed by atoms with Crippen molar-refractivity contribution in [3.8, 4) is 0 Å². The molecule has 3 aromatic rings. The molecule has 2 aliphatic rings. The molecule has 5 rings (SSSR count). The van der Waals surface area contributed by atoms with E-state index in [0.29, 0.717) is 64.0 Å². The zero-order valence-corrected chi connectivity index (χ0v) is 22.2. The summed E-state index contributed by atoms with van der Waals surface area (Å²) in [6.45, 7) is 1.62. The highest BCUT2D eigenvalue weighted by molar-refractivity contribution is 6.30. The number of hydrogen-bond donors (Lipinski definition) is 2. The molecule has 0 saturated carbocycles. The number of hydrogen-bond acceptors (Lipinski definition) is 5. The van der Waals surface area contributed by atoms with Crippen LogP contribution in [0.4, 0.5) is 4.39 Å². The number of amides is 3. The molecule has 0 unspecified atom stereocenters. The Morgan fingerprint density at radius 1 is 1.10 bits per heavy atom. The minimum Gasteiger partial charge on any atom is -0.354 e. The van der Waals surface area contributed by atoms with Crippen LogP contribution in [-0.2, 0) is 29.0 Å². The third-order valence-corrected chi connectivity index (χ3v) is 7.84. The van der Waals surface area contributed by atoms with Crippen LogP contribution in [0.1, 0.15) is 40.9 Å². The van der Waals surface area contributed by atoms with Crippen LogP contribution >= 0.6 is 11.6 Å². The second kappa shape index (κ2) is 11.5. The molecule has 1 aromatic heterocycles. The number of fused-ring (bicyclic) bond motifs is 2. The van der Waals surface area contributed by atoms with Crippen LogP contribution in [0.2, 0.25) is 5.02 Å². The van der Waals surface area contributed by atoms with E-state index < -0.39 is 17.3 Å². The fourth-order valence-corrected chi connectivity index (χ4v) is 5.37. The lowest BCUT2D eigenvalue weighted by atomic mass is 9.73. The molecule has 1 atom stereocenters. The van der Waals surface area contributed by atoms with E-state index in [9.17, 15) is 18.8 Å². The number of likely N-dealkylation sites (tertiary alicyclic amines) is 1. The molecule has 0 aliphatic carbocycles. The minimum atomic E-state index is -0.897. The molecule has 204 valence electrons. The first-order chi connectivity index (χ1) is 18.8. The first kappa shape index (κ1) is 26.8. The zero-order chi connectivity index (χ0) is 27.4. The predicted molar refractivity (Wildman–Crippen MR) is 142 cm³/mol. The van der Waals surface area contributed by atoms with Crippen LogP contribution in [0.3, 0.4) is 0 Å². The Bertz CT molecular complexity index is 1360. The normalized spacial score (nSPS) is 19.8. The van der Waals surface area contributed by atoms with Crippen molar-refractivity contribution in [2.75, 3.05) is 19.6 Å². The van der Waals surface area contributed by atoms with E-state index in [0.717, 1.165) is 11.6 Å². The molecule has 9 nitrogen and oxygen atoms in total. The van der Waals surface area contributed by atoms with Crippen molar-refractivity contribution in [3.05, 3.63) is 82.4 Å². The van der Waals surface area contributed by atoms with Crippen LogP contribution in [0.25, 0.3) is 0 Å². The molecule has 2 N–H and O–H groups in total. The van der Waals surface area contributed by atoms with Gasteiger partial charge >= 0.3 is 0 Å². The largest absolute Gasteiger partial charge is 0.354 e. The van der Waals surface area contributed by atoms with Crippen LogP contribution in [0.15, 0.2) is 54.7 Å². The summed E-state index contributed by atoms with van der Waals surface area (Å²) in [6.07, 6.45) is 3.91. The number of piperidine rings is 1. The van der Waals surface area contributed by atoms with Gasteiger partial charge in [-0.1, -0.05) is 47.1 Å². The van der Waals surface area contributed by atoms with Crippen LogP contribution < -0.4 is 10.6 Å². The number of nitrogens with one attached hydrogen (secondary N) is 2. The molecule has 3 amide bonds. The maximum Gasteiger partial charge on any atom is 0.253 e. The van der Waals surface area contributed by atoms with E-state index in [1.165, 1.54) is 12.1 Å². The molecule has 39 heavy (non-hydrogen) atoms. The fourth-order valence-electron chi connectivity index (χ4n) is 5.26. The highest BCUT2D eigenvalue weighted by Crippen LogP contribution is 2.36. The summed E-state index contributed by atoms with van der Waals surface area (Å²) < 4.78 is 15.7. The number of aromatic nitrogens is 3. The molecule has 2 bridgehead atoms. The first-order valence-corrected chi connectivity index (χ1v) is 13.5. The van der Waals surface area contributed by atoms with Crippen LogP contribution in [0, 0.1) is 11.2 Å². The molecule has 1 spiro atoms. The maximum absolute atomic E-state index is 14.0. The second-order valence-corrected chi connectivity index (χ2v) is 10.6. The molecule has 1 fully saturated rings. The van der Waals surface area contributed by atoms with E-state index in [1.54, 1.807) is 9.58 Å². The monoisotopic (exact) mass is 552 g/mol. The van der Waals surface area contributed by atoms with Gasteiger partial charge in [-0.15, -0.1) is 5.10 Å². The molecule has 11 heteroatoms. The van der Waals surface area contributed by atoms with E-state index >= 15 is 0 Å². The van der Waals surface area contributed by atoms with Gasteiger partial charge in [0.05, 0.1) is 16.1 Å². The third kappa shape index (κ3) is 6.11. The Hall–Kier alpha value is -3.79. The van der Waals surface area contributed by atoms with Gasteiger partial charge in [0.2, 0.25) is 11.8 Å². The summed E-state index contributed by atoms with van der Waals surface area (Å²) in [5.74, 6) is -1.47. The number of carbonyl (C=O) groups is 3. The van der Waals surface area contributed by atoms with Gasteiger partial charge in [0, 0.05) is 50.8 Å². The summed E-state index contributed by atoms with van der Waals surface area (Å²) in [4.78, 5) is 41.8. The Kier molecular flexibility index (Phi) is 7.92. The second-order valence-electron chi connectivity index (χ2n) is 10.2. The van der Waals surface area contributed by atoms with Gasteiger partial charge in [-0.3, -0.25) is 19.1 Å². The quantitative estimate of drug-likeness (QED) is 0.519. The van der Waals surface area contributed by atoms with E-state index in [4.69, 9.17) is 11.6 Å². The number of benzene rings is 2. The fraction of sp³-hybridized carbons (Fsp3) is 0.393. The van der Waals surface area contributed by atoms with Gasteiger partial charge in [-0.2, -0.15) is 0 Å². The maximum atomic E-state index is 14.0. The van der Waals surface area contributed by atoms with Crippen molar-refractivity contribution in [1.29, 1.82) is 0 Å². The molecule has 2 aromatic carbocycles.